The quantitative estimate of drug-likeness (QED) is 0.799. The standard InChI is InChI=1S/C14H19F2N3O3S.ClH/c15-13(16)8-18-14(20)10-3-5-12(6-4-10)23(21,22)19-7-1-2-11(17)9-19;/h3-6,11,13H,1-2,7-9,17H2,(H,18,20);1H/t11-;/m0./s1. The zero-order valence-electron chi connectivity index (χ0n) is 12.8. The van der Waals surface area contributed by atoms with Gasteiger partial charge in [0, 0.05) is 24.7 Å². The van der Waals surface area contributed by atoms with Crippen LogP contribution in [0.5, 0.6) is 0 Å². The van der Waals surface area contributed by atoms with Crippen molar-refractivity contribution in [2.45, 2.75) is 30.2 Å². The Bertz CT molecular complexity index is 656. The number of alkyl halides is 2. The molecule has 1 aliphatic rings. The summed E-state index contributed by atoms with van der Waals surface area (Å²) in [6.07, 6.45) is -1.15. The molecule has 0 radical (unpaired) electrons. The van der Waals surface area contributed by atoms with Crippen LogP contribution in [-0.4, -0.2) is 50.7 Å². The number of sulfonamides is 1. The summed E-state index contributed by atoms with van der Waals surface area (Å²) in [5.41, 5.74) is 5.93. The highest BCUT2D eigenvalue weighted by molar-refractivity contribution is 7.89. The Balaban J connectivity index is 0.00000288. The van der Waals surface area contributed by atoms with Crippen LogP contribution >= 0.6 is 12.4 Å². The summed E-state index contributed by atoms with van der Waals surface area (Å²) >= 11 is 0. The van der Waals surface area contributed by atoms with Gasteiger partial charge in [0.1, 0.15) is 0 Å². The van der Waals surface area contributed by atoms with Gasteiger partial charge in [-0.3, -0.25) is 4.79 Å². The van der Waals surface area contributed by atoms with Gasteiger partial charge in [-0.2, -0.15) is 4.31 Å². The summed E-state index contributed by atoms with van der Waals surface area (Å²) in [5.74, 6) is -0.672. The fraction of sp³-hybridized carbons (Fsp3) is 0.500. The van der Waals surface area contributed by atoms with Crippen molar-refractivity contribution in [1.82, 2.24) is 9.62 Å². The fourth-order valence-electron chi connectivity index (χ4n) is 2.39. The number of amides is 1. The van der Waals surface area contributed by atoms with Crippen LogP contribution in [0.15, 0.2) is 29.2 Å². The summed E-state index contributed by atoms with van der Waals surface area (Å²) < 4.78 is 50.4. The normalized spacial score (nSPS) is 18.9. The number of rotatable bonds is 5. The first-order valence-corrected chi connectivity index (χ1v) is 8.67. The third-order valence-electron chi connectivity index (χ3n) is 3.59. The highest BCUT2D eigenvalue weighted by Gasteiger charge is 2.28. The van der Waals surface area contributed by atoms with E-state index in [0.717, 1.165) is 6.42 Å². The summed E-state index contributed by atoms with van der Waals surface area (Å²) in [6, 6.07) is 5.02. The molecule has 0 saturated carbocycles. The van der Waals surface area contributed by atoms with E-state index in [4.69, 9.17) is 5.73 Å². The van der Waals surface area contributed by atoms with E-state index >= 15 is 0 Å². The molecular weight excluding hydrogens is 364 g/mol. The molecule has 0 aliphatic carbocycles. The van der Waals surface area contributed by atoms with Crippen molar-refractivity contribution in [3.05, 3.63) is 29.8 Å². The Kier molecular flexibility index (Phi) is 7.53. The molecule has 1 saturated heterocycles. The van der Waals surface area contributed by atoms with E-state index in [1.165, 1.54) is 28.6 Å². The van der Waals surface area contributed by atoms with E-state index in [1.807, 2.05) is 0 Å². The SMILES string of the molecule is Cl.N[C@H]1CCCN(S(=O)(=O)c2ccc(C(=O)NCC(F)F)cc2)C1. The molecule has 6 nitrogen and oxygen atoms in total. The third kappa shape index (κ3) is 5.10. The Labute approximate surface area is 145 Å². The van der Waals surface area contributed by atoms with Crippen molar-refractivity contribution in [3.8, 4) is 0 Å². The largest absolute Gasteiger partial charge is 0.346 e. The molecule has 0 unspecified atom stereocenters. The maximum absolute atomic E-state index is 12.5. The number of benzene rings is 1. The molecule has 3 N–H and O–H groups in total. The number of carbonyl (C=O) groups is 1. The van der Waals surface area contributed by atoms with Crippen molar-refractivity contribution in [3.63, 3.8) is 0 Å². The maximum atomic E-state index is 12.5. The van der Waals surface area contributed by atoms with Gasteiger partial charge in [0.05, 0.1) is 11.4 Å². The van der Waals surface area contributed by atoms with Crippen molar-refractivity contribution >= 4 is 28.3 Å². The van der Waals surface area contributed by atoms with Gasteiger partial charge in [-0.05, 0) is 37.1 Å². The van der Waals surface area contributed by atoms with Crippen LogP contribution in [0.2, 0.25) is 0 Å². The first-order chi connectivity index (χ1) is 10.8. The molecule has 1 aromatic carbocycles. The highest BCUT2D eigenvalue weighted by atomic mass is 35.5. The molecule has 1 amide bonds. The van der Waals surface area contributed by atoms with Gasteiger partial charge in [0.25, 0.3) is 12.3 Å². The second-order valence-corrected chi connectivity index (χ2v) is 7.33. The topological polar surface area (TPSA) is 92.5 Å². The van der Waals surface area contributed by atoms with Gasteiger partial charge >= 0.3 is 0 Å². The Hall–Kier alpha value is -1.29. The molecule has 10 heteroatoms. The number of carbonyl (C=O) groups excluding carboxylic acids is 1. The van der Waals surface area contributed by atoms with Gasteiger partial charge in [-0.25, -0.2) is 17.2 Å². The molecule has 1 fully saturated rings. The number of hydrogen-bond donors (Lipinski definition) is 2. The molecule has 24 heavy (non-hydrogen) atoms. The van der Waals surface area contributed by atoms with Gasteiger partial charge in [-0.15, -0.1) is 12.4 Å². The molecule has 2 rings (SSSR count). The predicted molar refractivity (Wildman–Crippen MR) is 88.0 cm³/mol. The number of halogens is 3. The van der Waals surface area contributed by atoms with Crippen molar-refractivity contribution in [1.29, 1.82) is 0 Å². The Morgan fingerprint density at radius 1 is 1.33 bits per heavy atom. The number of piperidine rings is 1. The zero-order valence-corrected chi connectivity index (χ0v) is 14.5. The van der Waals surface area contributed by atoms with E-state index in [1.54, 1.807) is 0 Å². The van der Waals surface area contributed by atoms with E-state index in [-0.39, 0.29) is 35.5 Å². The summed E-state index contributed by atoms with van der Waals surface area (Å²) in [6.45, 7) is -0.0732. The van der Waals surface area contributed by atoms with Crippen molar-refractivity contribution in [2.24, 2.45) is 5.73 Å². The molecule has 1 aromatic rings. The Morgan fingerprint density at radius 3 is 2.50 bits per heavy atom. The van der Waals surface area contributed by atoms with E-state index in [9.17, 15) is 22.0 Å². The summed E-state index contributed by atoms with van der Waals surface area (Å²) in [5, 5.41) is 2.06. The van der Waals surface area contributed by atoms with Gasteiger partial charge in [-0.1, -0.05) is 0 Å². The minimum Gasteiger partial charge on any atom is -0.346 e. The zero-order chi connectivity index (χ0) is 17.0. The number of nitrogens with zero attached hydrogens (tertiary/aromatic N) is 1. The molecule has 0 bridgehead atoms. The van der Waals surface area contributed by atoms with Gasteiger partial charge < -0.3 is 11.1 Å². The minimum atomic E-state index is -3.66. The number of nitrogens with one attached hydrogen (secondary N) is 1. The van der Waals surface area contributed by atoms with Crippen LogP contribution in [-0.2, 0) is 10.0 Å². The minimum absolute atomic E-state index is 0. The number of nitrogens with two attached hydrogens (primary N) is 1. The second-order valence-electron chi connectivity index (χ2n) is 5.39. The van der Waals surface area contributed by atoms with Crippen LogP contribution in [0.4, 0.5) is 8.78 Å². The first-order valence-electron chi connectivity index (χ1n) is 7.23. The van der Waals surface area contributed by atoms with Gasteiger partial charge in [0.15, 0.2) is 0 Å². The van der Waals surface area contributed by atoms with E-state index in [0.29, 0.717) is 13.0 Å². The van der Waals surface area contributed by atoms with Crippen molar-refractivity contribution in [2.75, 3.05) is 19.6 Å². The maximum Gasteiger partial charge on any atom is 0.255 e. The second kappa shape index (κ2) is 8.70. The third-order valence-corrected chi connectivity index (χ3v) is 5.47. The highest BCUT2D eigenvalue weighted by Crippen LogP contribution is 2.20. The average molecular weight is 384 g/mol. The number of hydrogen-bond acceptors (Lipinski definition) is 4. The molecular formula is C14H20ClF2N3O3S. The predicted octanol–water partition coefficient (Wildman–Crippen LogP) is 1.22. The smallest absolute Gasteiger partial charge is 0.255 e. The lowest BCUT2D eigenvalue weighted by Crippen LogP contribution is -2.45. The molecule has 1 heterocycles. The first kappa shape index (κ1) is 20.8. The molecule has 1 aliphatic heterocycles. The lowest BCUT2D eigenvalue weighted by molar-refractivity contribution is 0.0891. The Morgan fingerprint density at radius 2 is 1.96 bits per heavy atom. The lowest BCUT2D eigenvalue weighted by Gasteiger charge is -2.29. The molecule has 0 aromatic heterocycles. The van der Waals surface area contributed by atoms with Crippen LogP contribution in [0, 0.1) is 0 Å². The van der Waals surface area contributed by atoms with Crippen LogP contribution in [0.3, 0.4) is 0 Å². The van der Waals surface area contributed by atoms with Gasteiger partial charge in [0.2, 0.25) is 10.0 Å². The van der Waals surface area contributed by atoms with Crippen LogP contribution < -0.4 is 11.1 Å². The summed E-state index contributed by atoms with van der Waals surface area (Å²) in [7, 11) is -3.66. The van der Waals surface area contributed by atoms with Crippen LogP contribution in [0.25, 0.3) is 0 Å². The van der Waals surface area contributed by atoms with Crippen molar-refractivity contribution < 1.29 is 22.0 Å². The lowest BCUT2D eigenvalue weighted by atomic mass is 10.1. The molecule has 136 valence electrons. The monoisotopic (exact) mass is 383 g/mol. The molecule has 0 spiro atoms. The van der Waals surface area contributed by atoms with E-state index < -0.39 is 28.9 Å². The van der Waals surface area contributed by atoms with E-state index in [2.05, 4.69) is 5.32 Å². The molecule has 1 atom stereocenters. The average Bonchev–Trinajstić information content (AvgIpc) is 2.52. The summed E-state index contributed by atoms with van der Waals surface area (Å²) in [4.78, 5) is 11.7. The van der Waals surface area contributed by atoms with Crippen LogP contribution in [0.1, 0.15) is 23.2 Å². The fourth-order valence-corrected chi connectivity index (χ4v) is 3.93.